The van der Waals surface area contributed by atoms with Crippen LogP contribution in [0.5, 0.6) is 0 Å². The van der Waals surface area contributed by atoms with Gasteiger partial charge in [0.2, 0.25) is 5.91 Å². The molecule has 0 unspecified atom stereocenters. The van der Waals surface area contributed by atoms with Crippen molar-refractivity contribution < 1.29 is 57.4 Å². The lowest BCUT2D eigenvalue weighted by Crippen LogP contribution is -2.33. The molecule has 1 aliphatic heterocycles. The second kappa shape index (κ2) is 22.5. The van der Waals surface area contributed by atoms with Crippen LogP contribution in [-0.2, 0) is 55.8 Å². The Balaban J connectivity index is 1.56. The molecule has 1 aliphatic rings. The summed E-state index contributed by atoms with van der Waals surface area (Å²) in [7, 11) is 2.55. The number of hydrogen-bond acceptors (Lipinski definition) is 15. The molecule has 270 valence electrons. The number of carbonyl (C=O) groups is 4. The van der Waals surface area contributed by atoms with Gasteiger partial charge in [-0.1, -0.05) is 6.07 Å². The molecule has 3 heterocycles. The highest BCUT2D eigenvalue weighted by atomic mass is 16.5. The lowest BCUT2D eigenvalue weighted by Gasteiger charge is -2.23. The Hall–Kier alpha value is -4.10. The summed E-state index contributed by atoms with van der Waals surface area (Å²) in [4.78, 5) is 60.2. The first-order valence-electron chi connectivity index (χ1n) is 15.8. The standard InChI is InChI=1S/C32H45N5O12/c1-43-31(41)27-5-3-4-24(33-27)20-36-6-10-45-14-16-47-12-8-37(9-13-48-17-15-46-11-7-36)21-26-18-25(19-28(34-26)32(42)44-2)35-29(38)22-49-23-30(39)40/h3-5,18-19H,6-17,20-23H2,1-2H3,(H,39,40)(H,34,35,38). The number of esters is 2. The summed E-state index contributed by atoms with van der Waals surface area (Å²) in [5.41, 5.74) is 1.74. The van der Waals surface area contributed by atoms with Gasteiger partial charge in [-0.3, -0.25) is 14.6 Å². The molecular weight excluding hydrogens is 646 g/mol. The Labute approximate surface area is 284 Å². The molecule has 1 fully saturated rings. The molecule has 0 radical (unpaired) electrons. The number of hydrogen-bond donors (Lipinski definition) is 2. The molecule has 0 saturated carbocycles. The first kappa shape index (κ1) is 39.3. The van der Waals surface area contributed by atoms with Crippen molar-refractivity contribution in [3.8, 4) is 0 Å². The molecule has 2 aromatic rings. The average molecular weight is 692 g/mol. The molecule has 0 atom stereocenters. The van der Waals surface area contributed by atoms with E-state index in [0.29, 0.717) is 97.8 Å². The monoisotopic (exact) mass is 691 g/mol. The number of rotatable bonds is 11. The molecule has 1 amide bonds. The number of pyridine rings is 2. The summed E-state index contributed by atoms with van der Waals surface area (Å²) in [5, 5.41) is 11.3. The van der Waals surface area contributed by atoms with Gasteiger partial charge in [-0.05, 0) is 24.3 Å². The van der Waals surface area contributed by atoms with Gasteiger partial charge in [0, 0.05) is 45.0 Å². The van der Waals surface area contributed by atoms with Crippen molar-refractivity contribution in [3.63, 3.8) is 0 Å². The Morgan fingerprint density at radius 2 is 1.22 bits per heavy atom. The number of anilines is 1. The van der Waals surface area contributed by atoms with E-state index in [1.807, 2.05) is 11.0 Å². The van der Waals surface area contributed by atoms with Crippen molar-refractivity contribution in [1.29, 1.82) is 0 Å². The van der Waals surface area contributed by atoms with Gasteiger partial charge < -0.3 is 43.6 Å². The highest BCUT2D eigenvalue weighted by Crippen LogP contribution is 2.15. The van der Waals surface area contributed by atoms with Crippen LogP contribution in [0.25, 0.3) is 0 Å². The summed E-state index contributed by atoms with van der Waals surface area (Å²) in [6.07, 6.45) is 0. The van der Waals surface area contributed by atoms with E-state index in [1.54, 1.807) is 18.2 Å². The highest BCUT2D eigenvalue weighted by molar-refractivity contribution is 5.94. The SMILES string of the molecule is COC(=O)c1cccc(CN2CCOCCOCCN(Cc3cc(NC(=O)COCC(=O)O)cc(C(=O)OC)n3)CCOCCOCC2)n1. The van der Waals surface area contributed by atoms with Crippen molar-refractivity contribution in [3.05, 3.63) is 53.1 Å². The van der Waals surface area contributed by atoms with E-state index in [9.17, 15) is 19.2 Å². The molecule has 17 heteroatoms. The summed E-state index contributed by atoms with van der Waals surface area (Å²) in [6, 6.07) is 8.23. The van der Waals surface area contributed by atoms with Crippen molar-refractivity contribution in [1.82, 2.24) is 19.8 Å². The predicted molar refractivity (Wildman–Crippen MR) is 172 cm³/mol. The molecule has 2 N–H and O–H groups in total. The number of aromatic nitrogens is 2. The molecular formula is C32H45N5O12. The normalized spacial score (nSPS) is 16.5. The number of ether oxygens (including phenoxy) is 7. The van der Waals surface area contributed by atoms with Crippen LogP contribution in [0.4, 0.5) is 5.69 Å². The fourth-order valence-electron chi connectivity index (χ4n) is 4.58. The number of aliphatic carboxylic acids is 1. The molecule has 0 aromatic carbocycles. The molecule has 1 saturated heterocycles. The van der Waals surface area contributed by atoms with E-state index in [2.05, 4.69) is 20.2 Å². The minimum Gasteiger partial charge on any atom is -0.480 e. The van der Waals surface area contributed by atoms with Crippen LogP contribution in [0.2, 0.25) is 0 Å². The van der Waals surface area contributed by atoms with Crippen LogP contribution in [0.1, 0.15) is 32.4 Å². The van der Waals surface area contributed by atoms with Crippen LogP contribution in [0.15, 0.2) is 30.3 Å². The molecule has 49 heavy (non-hydrogen) atoms. The van der Waals surface area contributed by atoms with Crippen LogP contribution < -0.4 is 5.32 Å². The smallest absolute Gasteiger partial charge is 0.356 e. The summed E-state index contributed by atoms with van der Waals surface area (Å²) in [6.45, 7) is 5.23. The molecule has 0 bridgehead atoms. The Morgan fingerprint density at radius 3 is 1.76 bits per heavy atom. The minimum absolute atomic E-state index is 0.00511. The number of methoxy groups -OCH3 is 2. The van der Waals surface area contributed by atoms with Gasteiger partial charge in [-0.15, -0.1) is 0 Å². The van der Waals surface area contributed by atoms with Crippen LogP contribution in [0.3, 0.4) is 0 Å². The van der Waals surface area contributed by atoms with Gasteiger partial charge in [0.05, 0.1) is 78.5 Å². The second-order valence-corrected chi connectivity index (χ2v) is 10.7. The quantitative estimate of drug-likeness (QED) is 0.308. The van der Waals surface area contributed by atoms with E-state index >= 15 is 0 Å². The highest BCUT2D eigenvalue weighted by Gasteiger charge is 2.16. The lowest BCUT2D eigenvalue weighted by atomic mass is 10.2. The van der Waals surface area contributed by atoms with Crippen molar-refractivity contribution >= 4 is 29.5 Å². The molecule has 3 rings (SSSR count). The van der Waals surface area contributed by atoms with Crippen molar-refractivity contribution in [2.24, 2.45) is 0 Å². The summed E-state index contributed by atoms with van der Waals surface area (Å²) < 4.78 is 37.7. The third-order valence-electron chi connectivity index (χ3n) is 6.94. The third kappa shape index (κ3) is 15.8. The van der Waals surface area contributed by atoms with Crippen LogP contribution >= 0.6 is 0 Å². The summed E-state index contributed by atoms with van der Waals surface area (Å²) in [5.74, 6) is -2.96. The van der Waals surface area contributed by atoms with Crippen LogP contribution in [-0.4, -0.2) is 155 Å². The fourth-order valence-corrected chi connectivity index (χ4v) is 4.58. The molecule has 0 spiro atoms. The summed E-state index contributed by atoms with van der Waals surface area (Å²) >= 11 is 0. The number of carboxylic acids is 1. The van der Waals surface area contributed by atoms with Gasteiger partial charge >= 0.3 is 17.9 Å². The predicted octanol–water partition coefficient (Wildman–Crippen LogP) is 0.474. The van der Waals surface area contributed by atoms with Gasteiger partial charge in [0.15, 0.2) is 5.69 Å². The van der Waals surface area contributed by atoms with Crippen molar-refractivity contribution in [2.45, 2.75) is 13.1 Å². The molecule has 0 aliphatic carbocycles. The largest absolute Gasteiger partial charge is 0.480 e. The number of amides is 1. The Morgan fingerprint density at radius 1 is 0.714 bits per heavy atom. The van der Waals surface area contributed by atoms with E-state index < -0.39 is 37.0 Å². The zero-order chi connectivity index (χ0) is 35.3. The van der Waals surface area contributed by atoms with Crippen LogP contribution in [0, 0.1) is 0 Å². The maximum Gasteiger partial charge on any atom is 0.356 e. The zero-order valence-electron chi connectivity index (χ0n) is 27.9. The number of carboxylic acid groups (broad SMARTS) is 1. The third-order valence-corrected chi connectivity index (χ3v) is 6.94. The van der Waals surface area contributed by atoms with E-state index in [4.69, 9.17) is 38.3 Å². The Bertz CT molecular complexity index is 1330. The maximum absolute atomic E-state index is 12.3. The number of nitrogens with zero attached hydrogens (tertiary/aromatic N) is 4. The fraction of sp³-hybridized carbons (Fsp3) is 0.562. The first-order chi connectivity index (χ1) is 23.8. The van der Waals surface area contributed by atoms with Gasteiger partial charge in [-0.25, -0.2) is 24.4 Å². The van der Waals surface area contributed by atoms with Gasteiger partial charge in [0.1, 0.15) is 18.9 Å². The minimum atomic E-state index is -1.20. The number of carbonyl (C=O) groups excluding carboxylic acids is 3. The average Bonchev–Trinajstić information content (AvgIpc) is 3.08. The van der Waals surface area contributed by atoms with E-state index in [1.165, 1.54) is 20.3 Å². The van der Waals surface area contributed by atoms with Gasteiger partial charge in [-0.2, -0.15) is 0 Å². The molecule has 17 nitrogen and oxygen atoms in total. The van der Waals surface area contributed by atoms with Crippen molar-refractivity contribution in [2.75, 3.05) is 112 Å². The zero-order valence-corrected chi connectivity index (χ0v) is 27.9. The Kier molecular flexibility index (Phi) is 18.1. The first-order valence-corrected chi connectivity index (χ1v) is 15.8. The molecule has 2 aromatic heterocycles. The topological polar surface area (TPSA) is 197 Å². The van der Waals surface area contributed by atoms with Gasteiger partial charge in [0.25, 0.3) is 0 Å². The lowest BCUT2D eigenvalue weighted by molar-refractivity contribution is -0.143. The van der Waals surface area contributed by atoms with E-state index in [-0.39, 0.29) is 17.1 Å². The number of nitrogens with one attached hydrogen (secondary N) is 1. The second-order valence-electron chi connectivity index (χ2n) is 10.7. The maximum atomic E-state index is 12.3. The van der Waals surface area contributed by atoms with E-state index in [0.717, 1.165) is 5.69 Å².